The molecule has 0 unspecified atom stereocenters. The summed E-state index contributed by atoms with van der Waals surface area (Å²) < 4.78 is 0. The average molecular weight is 1150 g/mol. The molecule has 0 bridgehead atoms. The molecule has 0 saturated heterocycles. The zero-order valence-corrected chi connectivity index (χ0v) is 53.9. The van der Waals surface area contributed by atoms with Gasteiger partial charge in [0, 0.05) is 196 Å². The molecule has 6 N–H and O–H groups in total. The van der Waals surface area contributed by atoms with Crippen LogP contribution in [0.4, 0.5) is 0 Å². The fraction of sp³-hybridized carbons (Fsp3) is 0.898. The summed E-state index contributed by atoms with van der Waals surface area (Å²) in [6.07, 6.45) is 1.78. The van der Waals surface area contributed by atoms with Gasteiger partial charge in [0.1, 0.15) is 0 Å². The van der Waals surface area contributed by atoms with Crippen molar-refractivity contribution >= 4 is 35.4 Å². The van der Waals surface area contributed by atoms with E-state index in [1.807, 2.05) is 7.05 Å². The molecule has 0 fully saturated rings. The first kappa shape index (κ1) is 77.4. The molecule has 81 heavy (non-hydrogen) atoms. The van der Waals surface area contributed by atoms with E-state index in [1.165, 1.54) is 0 Å². The highest BCUT2D eigenvalue weighted by molar-refractivity contribution is 5.78. The number of nitrogens with zero attached hydrogens (tertiary/aromatic N) is 10. The van der Waals surface area contributed by atoms with Gasteiger partial charge in [0.25, 0.3) is 0 Å². The molecule has 0 aliphatic rings. The Morgan fingerprint density at radius 3 is 0.531 bits per heavy atom. The fourth-order valence-electron chi connectivity index (χ4n) is 9.29. The molecule has 0 aromatic rings. The number of likely N-dealkylation sites (N-methyl/N-ethyl adjacent to an activating group) is 6. The van der Waals surface area contributed by atoms with E-state index in [9.17, 15) is 28.8 Å². The van der Waals surface area contributed by atoms with E-state index in [1.54, 1.807) is 0 Å². The number of nitrogens with one attached hydrogen (secondary N) is 6. The number of hydrogen-bond acceptors (Lipinski definition) is 16. The molecule has 22 heteroatoms. The monoisotopic (exact) mass is 1150 g/mol. The molecular formula is C59H124N16O6. The van der Waals surface area contributed by atoms with E-state index < -0.39 is 0 Å². The Hall–Kier alpha value is -3.58. The van der Waals surface area contributed by atoms with Gasteiger partial charge in [-0.3, -0.25) is 33.7 Å². The van der Waals surface area contributed by atoms with Gasteiger partial charge in [0.05, 0.1) is 0 Å². The molecule has 0 aromatic carbocycles. The Morgan fingerprint density at radius 1 is 0.210 bits per heavy atom. The zero-order valence-electron chi connectivity index (χ0n) is 53.9. The van der Waals surface area contributed by atoms with Crippen LogP contribution in [-0.4, -0.2) is 321 Å². The van der Waals surface area contributed by atoms with Gasteiger partial charge in [0.2, 0.25) is 35.4 Å². The molecule has 0 radical (unpaired) electrons. The Bertz CT molecular complexity index is 1440. The second-order valence-electron chi connectivity index (χ2n) is 21.0. The largest absolute Gasteiger partial charge is 0.355 e. The number of amides is 6. The summed E-state index contributed by atoms with van der Waals surface area (Å²) in [5.41, 5.74) is 0. The predicted molar refractivity (Wildman–Crippen MR) is 334 cm³/mol. The summed E-state index contributed by atoms with van der Waals surface area (Å²) in [7, 11) is 2.03. The van der Waals surface area contributed by atoms with Crippen LogP contribution in [0.15, 0.2) is 0 Å². The van der Waals surface area contributed by atoms with Crippen LogP contribution in [0.2, 0.25) is 0 Å². The molecule has 0 spiro atoms. The third-order valence-corrected chi connectivity index (χ3v) is 15.7. The summed E-state index contributed by atoms with van der Waals surface area (Å²) in [5, 5.41) is 18.6. The van der Waals surface area contributed by atoms with E-state index in [4.69, 9.17) is 0 Å². The van der Waals surface area contributed by atoms with Crippen LogP contribution in [0.3, 0.4) is 0 Å². The first-order valence-corrected chi connectivity index (χ1v) is 31.9. The van der Waals surface area contributed by atoms with Gasteiger partial charge >= 0.3 is 0 Å². The fourth-order valence-corrected chi connectivity index (χ4v) is 9.29. The first-order chi connectivity index (χ1) is 39.1. The Balaban J connectivity index is 6.85. The maximum Gasteiger partial charge on any atom is 0.221 e. The average Bonchev–Trinajstić information content (AvgIpc) is 3.47. The van der Waals surface area contributed by atoms with Gasteiger partial charge in [-0.15, -0.1) is 0 Å². The quantitative estimate of drug-likeness (QED) is 0.0501. The van der Waals surface area contributed by atoms with E-state index in [0.29, 0.717) is 156 Å². The van der Waals surface area contributed by atoms with Crippen molar-refractivity contribution in [2.45, 2.75) is 115 Å². The van der Waals surface area contributed by atoms with E-state index >= 15 is 0 Å². The number of carbonyl (C=O) groups is 6. The summed E-state index contributed by atoms with van der Waals surface area (Å²) in [6.45, 7) is 47.9. The van der Waals surface area contributed by atoms with Gasteiger partial charge in [-0.25, -0.2) is 0 Å². The van der Waals surface area contributed by atoms with E-state index in [-0.39, 0.29) is 35.4 Å². The lowest BCUT2D eigenvalue weighted by molar-refractivity contribution is -0.123. The lowest BCUT2D eigenvalue weighted by Crippen LogP contribution is -2.46. The van der Waals surface area contributed by atoms with Crippen LogP contribution >= 0.6 is 0 Å². The highest BCUT2D eigenvalue weighted by atomic mass is 16.2. The molecular weight excluding hydrogens is 1030 g/mol. The van der Waals surface area contributed by atoms with Crippen molar-refractivity contribution in [2.24, 2.45) is 0 Å². The third-order valence-electron chi connectivity index (χ3n) is 15.7. The van der Waals surface area contributed by atoms with Crippen molar-refractivity contribution in [2.75, 3.05) is 236 Å². The van der Waals surface area contributed by atoms with Crippen LogP contribution in [0, 0.1) is 0 Å². The molecule has 0 atom stereocenters. The highest BCUT2D eigenvalue weighted by Gasteiger charge is 2.19. The van der Waals surface area contributed by atoms with Crippen LogP contribution in [-0.2, 0) is 28.8 Å². The molecule has 0 aromatic heterocycles. The lowest BCUT2D eigenvalue weighted by atomic mass is 10.2. The molecule has 0 saturated carbocycles. The molecule has 0 aliphatic carbocycles. The summed E-state index contributed by atoms with van der Waals surface area (Å²) >= 11 is 0. The minimum atomic E-state index is -0.0281. The maximum atomic E-state index is 13.3. The third kappa shape index (κ3) is 42.8. The van der Waals surface area contributed by atoms with Crippen LogP contribution in [0.25, 0.3) is 0 Å². The van der Waals surface area contributed by atoms with Crippen molar-refractivity contribution in [1.82, 2.24) is 80.9 Å². The predicted octanol–water partition coefficient (Wildman–Crippen LogP) is 0.893. The van der Waals surface area contributed by atoms with Crippen molar-refractivity contribution in [3.63, 3.8) is 0 Å². The second kappa shape index (κ2) is 52.0. The van der Waals surface area contributed by atoms with E-state index in [0.717, 1.165) is 111 Å². The molecule has 22 nitrogen and oxygen atoms in total. The molecule has 0 heterocycles. The summed E-state index contributed by atoms with van der Waals surface area (Å²) in [5.74, 6) is -0.137. The van der Waals surface area contributed by atoms with Crippen molar-refractivity contribution in [1.29, 1.82) is 0 Å². The van der Waals surface area contributed by atoms with Crippen molar-refractivity contribution < 1.29 is 28.8 Å². The summed E-state index contributed by atoms with van der Waals surface area (Å²) in [6, 6.07) is 0. The highest BCUT2D eigenvalue weighted by Crippen LogP contribution is 2.05. The van der Waals surface area contributed by atoms with Gasteiger partial charge in [0.15, 0.2) is 0 Å². The van der Waals surface area contributed by atoms with Gasteiger partial charge in [-0.1, -0.05) is 76.2 Å². The molecule has 476 valence electrons. The Morgan fingerprint density at radius 2 is 0.370 bits per heavy atom. The maximum absolute atomic E-state index is 13.3. The van der Waals surface area contributed by atoms with Gasteiger partial charge < -0.3 is 76.0 Å². The lowest BCUT2D eigenvalue weighted by Gasteiger charge is -2.32. The minimum Gasteiger partial charge on any atom is -0.355 e. The number of carbonyl (C=O) groups excluding carboxylic acids is 6. The minimum absolute atomic E-state index is 0.0216. The van der Waals surface area contributed by atoms with Gasteiger partial charge in [-0.2, -0.15) is 0 Å². The normalized spacial score (nSPS) is 11.9. The van der Waals surface area contributed by atoms with Crippen LogP contribution in [0.5, 0.6) is 0 Å². The van der Waals surface area contributed by atoms with Crippen molar-refractivity contribution in [3.05, 3.63) is 0 Å². The Kier molecular flexibility index (Phi) is 49.7. The topological polar surface area (TPSA) is 207 Å². The van der Waals surface area contributed by atoms with Crippen LogP contribution < -0.4 is 31.9 Å². The molecule has 0 rings (SSSR count). The van der Waals surface area contributed by atoms with Gasteiger partial charge in [-0.05, 0) is 79.0 Å². The standard InChI is InChI=1S/C59H124N16O6/c1-13-66(12)42-30-60-54(76)24-36-72(37-25-55(77)61-31-43-67(14-2)15-3)48-51-75(52-49-73(38-26-56(78)62-32-44-68(16-4)17-5)39-27-57(79)63-33-45-69(18-6)19-7)53-50-74(40-28-58(80)64-34-46-70(20-8)21-9)41-29-59(81)65-35-47-71(22-10)23-11/h13-53H2,1-12H3,(H,60,76)(H,61,77)(H,62,78)(H,63,79)(H,64,80)(H,65,81). The molecule has 6 amide bonds. The number of hydrogen-bond donors (Lipinski definition) is 6. The SMILES string of the molecule is CCN(C)CCNC(=O)CCN(CCC(=O)NCCN(CC)CC)CCN(CCN(CCC(=O)NCCN(CC)CC)CCC(=O)NCCN(CC)CC)CCN(CCC(=O)NCCN(CC)CC)CCC(=O)NCCN(CC)CC. The second-order valence-corrected chi connectivity index (χ2v) is 21.0. The van der Waals surface area contributed by atoms with Crippen molar-refractivity contribution in [3.8, 4) is 0 Å². The molecule has 0 aliphatic heterocycles. The smallest absolute Gasteiger partial charge is 0.221 e. The number of rotatable bonds is 56. The Labute approximate surface area is 494 Å². The summed E-state index contributed by atoms with van der Waals surface area (Å²) in [4.78, 5) is 102. The van der Waals surface area contributed by atoms with Crippen LogP contribution in [0.1, 0.15) is 115 Å². The first-order valence-electron chi connectivity index (χ1n) is 31.9. The van der Waals surface area contributed by atoms with E-state index in [2.05, 4.69) is 157 Å². The zero-order chi connectivity index (χ0) is 60.5.